The maximum Gasteiger partial charge on any atom is 0.272 e. The van der Waals surface area contributed by atoms with Gasteiger partial charge in [-0.25, -0.2) is 18.7 Å². The number of nitrogens with zero attached hydrogens (tertiary/aromatic N) is 2. The van der Waals surface area contributed by atoms with Gasteiger partial charge in [0.2, 0.25) is 0 Å². The average Bonchev–Trinajstić information content (AvgIpc) is 2.55. The van der Waals surface area contributed by atoms with Crippen molar-refractivity contribution in [3.63, 3.8) is 0 Å². The van der Waals surface area contributed by atoms with Crippen molar-refractivity contribution in [1.29, 1.82) is 0 Å². The normalized spacial score (nSPS) is 11.0. The molecular formula is C16H12ClF2N3O. The van der Waals surface area contributed by atoms with Gasteiger partial charge in [-0.15, -0.1) is 0 Å². The van der Waals surface area contributed by atoms with Crippen LogP contribution in [0.4, 0.5) is 20.3 Å². The fourth-order valence-electron chi connectivity index (χ4n) is 2.09. The lowest BCUT2D eigenvalue weighted by atomic mass is 10.1. The molecular weight excluding hydrogens is 324 g/mol. The van der Waals surface area contributed by atoms with E-state index in [0.29, 0.717) is 16.7 Å². The highest BCUT2D eigenvalue weighted by Gasteiger charge is 2.07. The molecule has 0 radical (unpaired) electrons. The molecule has 0 fully saturated rings. The molecule has 0 aliphatic heterocycles. The first-order chi connectivity index (χ1) is 11.1. The quantitative estimate of drug-likeness (QED) is 0.688. The molecule has 1 N–H and O–H groups in total. The number of alkyl halides is 2. The minimum Gasteiger partial charge on any atom is -0.488 e. The van der Waals surface area contributed by atoms with Crippen LogP contribution in [0.1, 0.15) is 0 Å². The van der Waals surface area contributed by atoms with Crippen molar-refractivity contribution in [3.8, 4) is 5.75 Å². The minimum absolute atomic E-state index is 0.392. The summed E-state index contributed by atoms with van der Waals surface area (Å²) in [5, 5.41) is 5.23. The fourth-order valence-corrected chi connectivity index (χ4v) is 2.20. The number of benzene rings is 1. The van der Waals surface area contributed by atoms with Crippen LogP contribution in [0.15, 0.2) is 48.8 Å². The summed E-state index contributed by atoms with van der Waals surface area (Å²) in [7, 11) is 0. The Hall–Kier alpha value is -2.47. The zero-order chi connectivity index (χ0) is 16.2. The molecule has 3 rings (SSSR count). The van der Waals surface area contributed by atoms with Crippen molar-refractivity contribution in [2.24, 2.45) is 0 Å². The lowest BCUT2D eigenvalue weighted by molar-refractivity contribution is 0.0820. The largest absolute Gasteiger partial charge is 0.488 e. The smallest absolute Gasteiger partial charge is 0.272 e. The van der Waals surface area contributed by atoms with Crippen LogP contribution < -0.4 is 10.1 Å². The Kier molecular flexibility index (Phi) is 4.52. The molecule has 0 saturated carbocycles. The predicted octanol–water partition coefficient (Wildman–Crippen LogP) is 4.67. The van der Waals surface area contributed by atoms with Gasteiger partial charge in [0, 0.05) is 11.6 Å². The van der Waals surface area contributed by atoms with Gasteiger partial charge < -0.3 is 10.1 Å². The summed E-state index contributed by atoms with van der Waals surface area (Å²) < 4.78 is 29.4. The molecule has 118 valence electrons. The second-order valence-corrected chi connectivity index (χ2v) is 5.13. The topological polar surface area (TPSA) is 47.0 Å². The van der Waals surface area contributed by atoms with Crippen molar-refractivity contribution in [3.05, 3.63) is 53.9 Å². The van der Waals surface area contributed by atoms with E-state index in [1.54, 1.807) is 48.8 Å². The van der Waals surface area contributed by atoms with Gasteiger partial charge in [0.25, 0.3) is 6.43 Å². The number of nitrogens with one attached hydrogen (secondary N) is 1. The van der Waals surface area contributed by atoms with E-state index < -0.39 is 13.0 Å². The number of hydrogen-bond acceptors (Lipinski definition) is 4. The Labute approximate surface area is 136 Å². The molecule has 0 bridgehead atoms. The van der Waals surface area contributed by atoms with Crippen LogP contribution in [0.25, 0.3) is 10.8 Å². The molecule has 3 aromatic rings. The Morgan fingerprint density at radius 2 is 2.00 bits per heavy atom. The minimum atomic E-state index is -2.50. The predicted molar refractivity (Wildman–Crippen MR) is 85.8 cm³/mol. The lowest BCUT2D eigenvalue weighted by Crippen LogP contribution is -2.06. The Balaban J connectivity index is 1.87. The molecule has 0 amide bonds. The van der Waals surface area contributed by atoms with Gasteiger partial charge in [-0.2, -0.15) is 0 Å². The van der Waals surface area contributed by atoms with Crippen molar-refractivity contribution in [2.75, 3.05) is 11.9 Å². The summed E-state index contributed by atoms with van der Waals surface area (Å²) in [6.07, 6.45) is 0.728. The van der Waals surface area contributed by atoms with Crippen LogP contribution in [0.2, 0.25) is 5.15 Å². The fraction of sp³-hybridized carbons (Fsp3) is 0.125. The summed E-state index contributed by atoms with van der Waals surface area (Å²) in [4.78, 5) is 8.29. The van der Waals surface area contributed by atoms with Crippen molar-refractivity contribution >= 4 is 33.9 Å². The molecule has 1 aromatic carbocycles. The number of rotatable bonds is 5. The third-order valence-corrected chi connectivity index (χ3v) is 3.33. The second-order valence-electron chi connectivity index (χ2n) is 4.74. The van der Waals surface area contributed by atoms with E-state index in [4.69, 9.17) is 16.3 Å². The molecule has 0 atom stereocenters. The van der Waals surface area contributed by atoms with Gasteiger partial charge in [0.1, 0.15) is 23.3 Å². The SMILES string of the molecule is FC(F)COc1ccc2c(Nc3ccc(Cl)nc3)nccc2c1. The molecule has 2 heterocycles. The molecule has 2 aromatic heterocycles. The van der Waals surface area contributed by atoms with Gasteiger partial charge in [-0.05, 0) is 41.8 Å². The second kappa shape index (κ2) is 6.75. The highest BCUT2D eigenvalue weighted by molar-refractivity contribution is 6.29. The maximum atomic E-state index is 12.2. The standard InChI is InChI=1S/C16H12ClF2N3O/c17-14-4-1-11(8-21-14)22-16-13-3-2-12(23-9-15(18)19)7-10(13)5-6-20-16/h1-8,15H,9H2,(H,20,22). The Morgan fingerprint density at radius 1 is 1.13 bits per heavy atom. The van der Waals surface area contributed by atoms with Crippen molar-refractivity contribution < 1.29 is 13.5 Å². The number of ether oxygens (including phenoxy) is 1. The van der Waals surface area contributed by atoms with E-state index in [1.165, 1.54) is 0 Å². The number of hydrogen-bond donors (Lipinski definition) is 1. The first kappa shape index (κ1) is 15.4. The van der Waals surface area contributed by atoms with Gasteiger partial charge >= 0.3 is 0 Å². The average molecular weight is 336 g/mol. The van der Waals surface area contributed by atoms with Gasteiger partial charge in [-0.1, -0.05) is 11.6 Å². The van der Waals surface area contributed by atoms with Crippen LogP contribution in [0.3, 0.4) is 0 Å². The van der Waals surface area contributed by atoms with Crippen LogP contribution >= 0.6 is 11.6 Å². The summed E-state index contributed by atoms with van der Waals surface area (Å²) in [5.41, 5.74) is 0.743. The molecule has 4 nitrogen and oxygen atoms in total. The van der Waals surface area contributed by atoms with Crippen LogP contribution in [0, 0.1) is 0 Å². The monoisotopic (exact) mass is 335 g/mol. The number of aromatic nitrogens is 2. The molecule has 23 heavy (non-hydrogen) atoms. The first-order valence-corrected chi connectivity index (χ1v) is 7.18. The summed E-state index contributed by atoms with van der Waals surface area (Å²) in [6.45, 7) is -0.627. The van der Waals surface area contributed by atoms with Crippen LogP contribution in [-0.2, 0) is 0 Å². The van der Waals surface area contributed by atoms with E-state index in [2.05, 4.69) is 15.3 Å². The molecule has 0 aliphatic carbocycles. The number of pyridine rings is 2. The van der Waals surface area contributed by atoms with E-state index in [9.17, 15) is 8.78 Å². The lowest BCUT2D eigenvalue weighted by Gasteiger charge is -2.10. The van der Waals surface area contributed by atoms with E-state index in [-0.39, 0.29) is 0 Å². The van der Waals surface area contributed by atoms with Gasteiger partial charge in [-0.3, -0.25) is 0 Å². The van der Waals surface area contributed by atoms with E-state index >= 15 is 0 Å². The van der Waals surface area contributed by atoms with Gasteiger partial charge in [0.05, 0.1) is 11.9 Å². The number of anilines is 2. The van der Waals surface area contributed by atoms with E-state index in [0.717, 1.165) is 16.5 Å². The molecule has 0 spiro atoms. The Bertz CT molecular complexity index is 812. The summed E-state index contributed by atoms with van der Waals surface area (Å²) in [5.74, 6) is 1.02. The highest BCUT2D eigenvalue weighted by atomic mass is 35.5. The van der Waals surface area contributed by atoms with Crippen LogP contribution in [0.5, 0.6) is 5.75 Å². The van der Waals surface area contributed by atoms with Gasteiger partial charge in [0.15, 0.2) is 0 Å². The number of fused-ring (bicyclic) bond motifs is 1. The first-order valence-electron chi connectivity index (χ1n) is 6.80. The molecule has 0 unspecified atom stereocenters. The maximum absolute atomic E-state index is 12.2. The zero-order valence-corrected chi connectivity index (χ0v) is 12.6. The highest BCUT2D eigenvalue weighted by Crippen LogP contribution is 2.27. The van der Waals surface area contributed by atoms with Crippen LogP contribution in [-0.4, -0.2) is 23.0 Å². The molecule has 0 aliphatic rings. The van der Waals surface area contributed by atoms with Crippen molar-refractivity contribution in [1.82, 2.24) is 9.97 Å². The Morgan fingerprint density at radius 3 is 2.74 bits per heavy atom. The molecule has 0 saturated heterocycles. The molecule has 7 heteroatoms. The summed E-state index contributed by atoms with van der Waals surface area (Å²) in [6, 6.07) is 10.4. The third kappa shape index (κ3) is 3.84. The zero-order valence-electron chi connectivity index (χ0n) is 11.8. The number of halogens is 3. The van der Waals surface area contributed by atoms with E-state index in [1.807, 2.05) is 0 Å². The summed E-state index contributed by atoms with van der Waals surface area (Å²) >= 11 is 5.76. The van der Waals surface area contributed by atoms with Crippen molar-refractivity contribution in [2.45, 2.75) is 6.43 Å². The third-order valence-electron chi connectivity index (χ3n) is 3.10.